The van der Waals surface area contributed by atoms with Gasteiger partial charge in [0.1, 0.15) is 7.22 Å². The third-order valence-corrected chi connectivity index (χ3v) is 12.5. The van der Waals surface area contributed by atoms with E-state index in [2.05, 4.69) is 77.1 Å². The molecule has 0 heterocycles. The Bertz CT molecular complexity index is 355. The quantitative estimate of drug-likeness (QED) is 0.635. The van der Waals surface area contributed by atoms with E-state index in [0.717, 1.165) is 0 Å². The zero-order chi connectivity index (χ0) is 12.6. The molecule has 1 aromatic rings. The first kappa shape index (κ1) is 13.9. The first-order chi connectivity index (χ1) is 7.15. The van der Waals surface area contributed by atoms with Crippen LogP contribution < -0.4 is 0 Å². The molecule has 0 aliphatic carbocycles. The Morgan fingerprint density at radius 3 is 1.81 bits per heavy atom. The zero-order valence-electron chi connectivity index (χ0n) is 11.6. The van der Waals surface area contributed by atoms with Crippen LogP contribution in [0.2, 0.25) is 18.1 Å². The van der Waals surface area contributed by atoms with Crippen molar-refractivity contribution in [3.05, 3.63) is 29.3 Å². The maximum atomic E-state index is 2.48. The summed E-state index contributed by atoms with van der Waals surface area (Å²) in [5.74, 6) is 0. The highest BCUT2D eigenvalue weighted by Crippen LogP contribution is 2.47. The molecule has 0 N–H and O–H groups in total. The van der Waals surface area contributed by atoms with Crippen LogP contribution in [0.3, 0.4) is 0 Å². The van der Waals surface area contributed by atoms with Gasteiger partial charge in [0, 0.05) is 4.90 Å². The average molecular weight is 252 g/mol. The van der Waals surface area contributed by atoms with Crippen molar-refractivity contribution >= 4 is 18.4 Å². The summed E-state index contributed by atoms with van der Waals surface area (Å²) in [7, 11) is -1.29. The van der Waals surface area contributed by atoms with E-state index < -0.39 is 7.22 Å². The molecule has 0 bridgehead atoms. The van der Waals surface area contributed by atoms with Crippen molar-refractivity contribution in [3.63, 3.8) is 0 Å². The Morgan fingerprint density at radius 2 is 1.44 bits per heavy atom. The van der Waals surface area contributed by atoms with Gasteiger partial charge in [0.25, 0.3) is 0 Å². The molecule has 0 aliphatic heterocycles. The third kappa shape index (κ3) is 2.92. The molecule has 0 unspecified atom stereocenters. The van der Waals surface area contributed by atoms with Crippen LogP contribution in [0.15, 0.2) is 23.1 Å². The summed E-state index contributed by atoms with van der Waals surface area (Å²) in [6, 6.07) is 6.60. The first-order valence-electron chi connectivity index (χ1n) is 5.90. The summed E-state index contributed by atoms with van der Waals surface area (Å²) >= 11 is 2.14. The fourth-order valence-corrected chi connectivity index (χ4v) is 6.06. The molecule has 0 spiro atoms. The van der Waals surface area contributed by atoms with Gasteiger partial charge in [-0.05, 0) is 30.0 Å². The Labute approximate surface area is 105 Å². The maximum absolute atomic E-state index is 2.48. The van der Waals surface area contributed by atoms with Crippen molar-refractivity contribution in [1.29, 1.82) is 0 Å². The van der Waals surface area contributed by atoms with Gasteiger partial charge in [-0.15, -0.1) is 0 Å². The number of aryl methyl sites for hydroxylation is 2. The van der Waals surface area contributed by atoms with Crippen LogP contribution in [0.5, 0.6) is 0 Å². The third-order valence-electron chi connectivity index (χ3n) is 3.57. The smallest absolute Gasteiger partial charge is 0.122 e. The molecule has 0 amide bonds. The second-order valence-electron chi connectivity index (χ2n) is 6.08. The van der Waals surface area contributed by atoms with Crippen molar-refractivity contribution in [2.75, 3.05) is 0 Å². The Kier molecular flexibility index (Phi) is 3.96. The topological polar surface area (TPSA) is 0 Å². The molecule has 1 aromatic carbocycles. The van der Waals surface area contributed by atoms with Crippen LogP contribution in [0, 0.1) is 13.8 Å². The molecule has 0 aliphatic rings. The predicted octanol–water partition coefficient (Wildman–Crippen LogP) is 5.40. The largest absolute Gasteiger partial charge is 0.150 e. The van der Waals surface area contributed by atoms with E-state index in [1.54, 1.807) is 0 Å². The van der Waals surface area contributed by atoms with Crippen LogP contribution in [0.4, 0.5) is 0 Å². The number of rotatable bonds is 2. The summed E-state index contributed by atoms with van der Waals surface area (Å²) in [6.07, 6.45) is 0. The van der Waals surface area contributed by atoms with Gasteiger partial charge in [-0.25, -0.2) is 0 Å². The Hall–Kier alpha value is -0.213. The average Bonchev–Trinajstić information content (AvgIpc) is 2.10. The highest BCUT2D eigenvalue weighted by atomic mass is 32.4. The van der Waals surface area contributed by atoms with Gasteiger partial charge in [-0.1, -0.05) is 52.1 Å². The molecular weight excluding hydrogens is 228 g/mol. The second-order valence-corrected chi connectivity index (χ2v) is 14.9. The van der Waals surface area contributed by atoms with E-state index in [9.17, 15) is 0 Å². The first-order valence-corrected chi connectivity index (χ1v) is 10.4. The molecule has 0 atom stereocenters. The zero-order valence-corrected chi connectivity index (χ0v) is 13.5. The van der Waals surface area contributed by atoms with Crippen molar-refractivity contribution in [2.24, 2.45) is 0 Å². The standard InChI is InChI=1S/C14H24SSi/c1-11-9-8-10-12(2)13(11)15-16(6,7)14(3,4)5/h8-10H,1-7H3. The van der Waals surface area contributed by atoms with Gasteiger partial charge in [0.2, 0.25) is 0 Å². The van der Waals surface area contributed by atoms with E-state index >= 15 is 0 Å². The lowest BCUT2D eigenvalue weighted by atomic mass is 10.2. The van der Waals surface area contributed by atoms with Crippen molar-refractivity contribution in [1.82, 2.24) is 0 Å². The lowest BCUT2D eigenvalue weighted by molar-refractivity contribution is 0.736. The molecule has 2 heteroatoms. The molecule has 0 saturated carbocycles. The Balaban J connectivity index is 3.06. The second kappa shape index (κ2) is 4.57. The summed E-state index contributed by atoms with van der Waals surface area (Å²) in [5.41, 5.74) is 2.85. The molecule has 90 valence electrons. The van der Waals surface area contributed by atoms with Crippen LogP contribution in [0.25, 0.3) is 0 Å². The molecule has 0 radical (unpaired) electrons. The fraction of sp³-hybridized carbons (Fsp3) is 0.571. The summed E-state index contributed by atoms with van der Waals surface area (Å²) < 4.78 is 0. The van der Waals surface area contributed by atoms with E-state index in [0.29, 0.717) is 5.04 Å². The van der Waals surface area contributed by atoms with E-state index in [1.807, 2.05) is 0 Å². The minimum Gasteiger partial charge on any atom is -0.150 e. The van der Waals surface area contributed by atoms with Gasteiger partial charge >= 0.3 is 0 Å². The van der Waals surface area contributed by atoms with Crippen LogP contribution in [-0.2, 0) is 0 Å². The predicted molar refractivity (Wildman–Crippen MR) is 79.0 cm³/mol. The highest BCUT2D eigenvalue weighted by Gasteiger charge is 2.36. The van der Waals surface area contributed by atoms with Crippen LogP contribution >= 0.6 is 11.2 Å². The molecule has 1 rings (SSSR count). The minimum atomic E-state index is -1.29. The summed E-state index contributed by atoms with van der Waals surface area (Å²) in [5, 5.41) is 0.437. The molecule has 0 nitrogen and oxygen atoms in total. The molecule has 0 saturated heterocycles. The van der Waals surface area contributed by atoms with Crippen LogP contribution in [-0.4, -0.2) is 7.22 Å². The molecular formula is C14H24SSi. The number of hydrogen-bond acceptors (Lipinski definition) is 1. The van der Waals surface area contributed by atoms with Crippen molar-refractivity contribution in [3.8, 4) is 0 Å². The van der Waals surface area contributed by atoms with Gasteiger partial charge in [-0.2, -0.15) is 11.2 Å². The van der Waals surface area contributed by atoms with Crippen LogP contribution in [0.1, 0.15) is 31.9 Å². The van der Waals surface area contributed by atoms with E-state index in [1.165, 1.54) is 16.0 Å². The SMILES string of the molecule is Cc1cccc(C)c1S[Si](C)(C)C(C)(C)C. The normalized spacial score (nSPS) is 12.9. The lowest BCUT2D eigenvalue weighted by Crippen LogP contribution is -2.33. The highest BCUT2D eigenvalue weighted by molar-refractivity contribution is 8.29. The summed E-state index contributed by atoms with van der Waals surface area (Å²) in [6.45, 7) is 16.5. The fourth-order valence-electron chi connectivity index (χ4n) is 1.37. The van der Waals surface area contributed by atoms with E-state index in [4.69, 9.17) is 0 Å². The number of benzene rings is 1. The Morgan fingerprint density at radius 1 is 1.00 bits per heavy atom. The number of hydrogen-bond donors (Lipinski definition) is 0. The van der Waals surface area contributed by atoms with Crippen molar-refractivity contribution < 1.29 is 0 Å². The molecule has 0 aromatic heterocycles. The monoisotopic (exact) mass is 252 g/mol. The molecule has 16 heavy (non-hydrogen) atoms. The van der Waals surface area contributed by atoms with Gasteiger partial charge < -0.3 is 0 Å². The lowest BCUT2D eigenvalue weighted by Gasteiger charge is -2.36. The van der Waals surface area contributed by atoms with Gasteiger partial charge in [0.15, 0.2) is 0 Å². The van der Waals surface area contributed by atoms with Gasteiger partial charge in [0.05, 0.1) is 0 Å². The maximum Gasteiger partial charge on any atom is 0.122 e. The van der Waals surface area contributed by atoms with E-state index in [-0.39, 0.29) is 0 Å². The van der Waals surface area contributed by atoms with Crippen molar-refractivity contribution in [2.45, 2.75) is 57.6 Å². The minimum absolute atomic E-state index is 0.437. The summed E-state index contributed by atoms with van der Waals surface area (Å²) in [4.78, 5) is 1.51. The van der Waals surface area contributed by atoms with Gasteiger partial charge in [-0.3, -0.25) is 0 Å². The molecule has 0 fully saturated rings.